The summed E-state index contributed by atoms with van der Waals surface area (Å²) in [5.74, 6) is -2.17. The second-order valence-electron chi connectivity index (χ2n) is 6.41. The molecule has 1 aliphatic heterocycles. The number of halogens is 2. The van der Waals surface area contributed by atoms with Gasteiger partial charge in [-0.3, -0.25) is 9.59 Å². The van der Waals surface area contributed by atoms with Crippen LogP contribution in [0.2, 0.25) is 0 Å². The van der Waals surface area contributed by atoms with Crippen molar-refractivity contribution in [3.8, 4) is 11.3 Å². The number of amides is 2. The standard InChI is InChI=1S/C20H15F2N3O3/c21-11-5-6-17-14(7-11)15(9-19(26)24-17)20(27)23-10-12-8-18(25-28-12)13-3-1-2-4-16(13)22/h1-8,15H,9-10H2,(H,23,27)(H,24,26)/t15-/m1/s1. The first-order chi connectivity index (χ1) is 13.5. The molecule has 0 fully saturated rings. The van der Waals surface area contributed by atoms with Crippen LogP contribution in [0.1, 0.15) is 23.7 Å². The van der Waals surface area contributed by atoms with Gasteiger partial charge in [-0.2, -0.15) is 0 Å². The van der Waals surface area contributed by atoms with E-state index in [-0.39, 0.29) is 24.4 Å². The maximum absolute atomic E-state index is 13.8. The van der Waals surface area contributed by atoms with Crippen LogP contribution < -0.4 is 10.6 Å². The number of carbonyl (C=O) groups excluding carboxylic acids is 2. The number of anilines is 1. The smallest absolute Gasteiger partial charge is 0.228 e. The van der Waals surface area contributed by atoms with Crippen molar-refractivity contribution in [2.75, 3.05) is 5.32 Å². The van der Waals surface area contributed by atoms with Crippen molar-refractivity contribution < 1.29 is 22.9 Å². The Hall–Kier alpha value is -3.55. The topological polar surface area (TPSA) is 84.2 Å². The van der Waals surface area contributed by atoms with Gasteiger partial charge in [-0.1, -0.05) is 17.3 Å². The predicted octanol–water partition coefficient (Wildman–Crippen LogP) is 3.36. The van der Waals surface area contributed by atoms with Gasteiger partial charge in [-0.05, 0) is 35.9 Å². The molecule has 1 aliphatic rings. The van der Waals surface area contributed by atoms with Crippen LogP contribution >= 0.6 is 0 Å². The van der Waals surface area contributed by atoms with Crippen LogP contribution in [-0.2, 0) is 16.1 Å². The lowest BCUT2D eigenvalue weighted by atomic mass is 9.89. The number of rotatable bonds is 4. The molecule has 142 valence electrons. The van der Waals surface area contributed by atoms with E-state index in [0.717, 1.165) is 0 Å². The molecule has 8 heteroatoms. The summed E-state index contributed by atoms with van der Waals surface area (Å²) in [5.41, 5.74) is 1.44. The van der Waals surface area contributed by atoms with Crippen LogP contribution in [0.4, 0.5) is 14.5 Å². The molecule has 1 atom stereocenters. The minimum Gasteiger partial charge on any atom is -0.359 e. The van der Waals surface area contributed by atoms with Gasteiger partial charge in [0.15, 0.2) is 5.76 Å². The molecule has 1 aromatic heterocycles. The first kappa shape index (κ1) is 17.8. The van der Waals surface area contributed by atoms with Crippen molar-refractivity contribution in [3.05, 3.63) is 71.5 Å². The van der Waals surface area contributed by atoms with E-state index in [1.165, 1.54) is 30.3 Å². The number of carbonyl (C=O) groups is 2. The summed E-state index contributed by atoms with van der Waals surface area (Å²) < 4.78 is 32.6. The Morgan fingerprint density at radius 3 is 2.86 bits per heavy atom. The first-order valence-electron chi connectivity index (χ1n) is 8.59. The number of nitrogens with one attached hydrogen (secondary N) is 2. The maximum atomic E-state index is 13.8. The minimum absolute atomic E-state index is 0.00303. The molecule has 6 nitrogen and oxygen atoms in total. The van der Waals surface area contributed by atoms with Gasteiger partial charge in [0.05, 0.1) is 12.5 Å². The fraction of sp³-hybridized carbons (Fsp3) is 0.150. The Morgan fingerprint density at radius 1 is 1.21 bits per heavy atom. The van der Waals surface area contributed by atoms with Crippen LogP contribution in [0, 0.1) is 11.6 Å². The average Bonchev–Trinajstić information content (AvgIpc) is 3.15. The van der Waals surface area contributed by atoms with Crippen LogP contribution in [0.5, 0.6) is 0 Å². The highest BCUT2D eigenvalue weighted by molar-refractivity contribution is 6.01. The number of aromatic nitrogens is 1. The SMILES string of the molecule is O=C1C[C@@H](C(=O)NCc2cc(-c3ccccc3F)no2)c2cc(F)ccc2N1. The molecule has 4 rings (SSSR count). The molecule has 2 N–H and O–H groups in total. The van der Waals surface area contributed by atoms with Crippen LogP contribution in [0.25, 0.3) is 11.3 Å². The Labute approximate surface area is 158 Å². The number of fused-ring (bicyclic) bond motifs is 1. The number of hydrogen-bond acceptors (Lipinski definition) is 4. The zero-order chi connectivity index (χ0) is 19.7. The van der Waals surface area contributed by atoms with E-state index in [0.29, 0.717) is 22.7 Å². The maximum Gasteiger partial charge on any atom is 0.228 e. The highest BCUT2D eigenvalue weighted by Gasteiger charge is 2.31. The molecule has 2 amide bonds. The molecule has 28 heavy (non-hydrogen) atoms. The summed E-state index contributed by atoms with van der Waals surface area (Å²) in [6.07, 6.45) is -0.0842. The molecule has 0 bridgehead atoms. The highest BCUT2D eigenvalue weighted by atomic mass is 19.1. The lowest BCUT2D eigenvalue weighted by Gasteiger charge is -2.24. The summed E-state index contributed by atoms with van der Waals surface area (Å²) in [7, 11) is 0. The van der Waals surface area contributed by atoms with E-state index in [1.54, 1.807) is 18.2 Å². The Kier molecular flexibility index (Phi) is 4.60. The van der Waals surface area contributed by atoms with Gasteiger partial charge in [-0.15, -0.1) is 0 Å². The quantitative estimate of drug-likeness (QED) is 0.724. The fourth-order valence-electron chi connectivity index (χ4n) is 3.16. The van der Waals surface area contributed by atoms with Crippen molar-refractivity contribution in [3.63, 3.8) is 0 Å². The van der Waals surface area contributed by atoms with E-state index >= 15 is 0 Å². The molecule has 0 saturated heterocycles. The Balaban J connectivity index is 1.48. The minimum atomic E-state index is -0.812. The Bertz CT molecular complexity index is 1060. The largest absolute Gasteiger partial charge is 0.359 e. The van der Waals surface area contributed by atoms with Gasteiger partial charge < -0.3 is 15.2 Å². The molecule has 3 aromatic rings. The monoisotopic (exact) mass is 383 g/mol. The summed E-state index contributed by atoms with van der Waals surface area (Å²) in [6.45, 7) is 0.00303. The van der Waals surface area contributed by atoms with Crippen LogP contribution in [0.15, 0.2) is 53.1 Å². The van der Waals surface area contributed by atoms with E-state index in [4.69, 9.17) is 4.52 Å². The number of hydrogen-bond donors (Lipinski definition) is 2. The lowest BCUT2D eigenvalue weighted by Crippen LogP contribution is -2.34. The van der Waals surface area contributed by atoms with Crippen LogP contribution in [-0.4, -0.2) is 17.0 Å². The molecular weight excluding hydrogens is 368 g/mol. The van der Waals surface area contributed by atoms with Crippen molar-refractivity contribution in [2.24, 2.45) is 0 Å². The molecule has 0 spiro atoms. The van der Waals surface area contributed by atoms with Crippen LogP contribution in [0.3, 0.4) is 0 Å². The van der Waals surface area contributed by atoms with Gasteiger partial charge in [0.1, 0.15) is 17.3 Å². The molecule has 2 heterocycles. The van der Waals surface area contributed by atoms with E-state index in [1.807, 2.05) is 0 Å². The fourth-order valence-corrected chi connectivity index (χ4v) is 3.16. The van der Waals surface area contributed by atoms with E-state index in [2.05, 4.69) is 15.8 Å². The molecular formula is C20H15F2N3O3. The molecule has 2 aromatic carbocycles. The highest BCUT2D eigenvalue weighted by Crippen LogP contribution is 2.33. The van der Waals surface area contributed by atoms with Crippen molar-refractivity contribution in [1.29, 1.82) is 0 Å². The zero-order valence-electron chi connectivity index (χ0n) is 14.5. The first-order valence-corrected chi connectivity index (χ1v) is 8.59. The predicted molar refractivity (Wildman–Crippen MR) is 96.1 cm³/mol. The molecule has 0 aliphatic carbocycles. The summed E-state index contributed by atoms with van der Waals surface area (Å²) >= 11 is 0. The third-order valence-electron chi connectivity index (χ3n) is 4.51. The van der Waals surface area contributed by atoms with Gasteiger partial charge in [-0.25, -0.2) is 8.78 Å². The van der Waals surface area contributed by atoms with Gasteiger partial charge in [0.2, 0.25) is 11.8 Å². The Morgan fingerprint density at radius 2 is 2.04 bits per heavy atom. The van der Waals surface area contributed by atoms with Crippen molar-refractivity contribution >= 4 is 17.5 Å². The third-order valence-corrected chi connectivity index (χ3v) is 4.51. The summed E-state index contributed by atoms with van der Waals surface area (Å²) in [4.78, 5) is 24.4. The van der Waals surface area contributed by atoms with Gasteiger partial charge in [0.25, 0.3) is 0 Å². The van der Waals surface area contributed by atoms with E-state index in [9.17, 15) is 18.4 Å². The normalized spacial score (nSPS) is 15.6. The second kappa shape index (κ2) is 7.22. The van der Waals surface area contributed by atoms with Crippen molar-refractivity contribution in [1.82, 2.24) is 10.5 Å². The number of benzene rings is 2. The molecule has 0 saturated carbocycles. The number of nitrogens with zero attached hydrogens (tertiary/aromatic N) is 1. The lowest BCUT2D eigenvalue weighted by molar-refractivity contribution is -0.126. The molecule has 0 unspecified atom stereocenters. The summed E-state index contributed by atoms with van der Waals surface area (Å²) in [6, 6.07) is 11.6. The van der Waals surface area contributed by atoms with Gasteiger partial charge in [0, 0.05) is 23.7 Å². The zero-order valence-corrected chi connectivity index (χ0v) is 14.5. The van der Waals surface area contributed by atoms with Gasteiger partial charge >= 0.3 is 0 Å². The second-order valence-corrected chi connectivity index (χ2v) is 6.41. The molecule has 0 radical (unpaired) electrons. The third kappa shape index (κ3) is 3.48. The summed E-state index contributed by atoms with van der Waals surface area (Å²) in [5, 5.41) is 9.10. The van der Waals surface area contributed by atoms with Crippen molar-refractivity contribution in [2.45, 2.75) is 18.9 Å². The van der Waals surface area contributed by atoms with E-state index < -0.39 is 23.5 Å². The average molecular weight is 383 g/mol.